The highest BCUT2D eigenvalue weighted by atomic mass is 16.5. The van der Waals surface area contributed by atoms with E-state index in [0.29, 0.717) is 11.4 Å². The van der Waals surface area contributed by atoms with Gasteiger partial charge in [0.15, 0.2) is 0 Å². The quantitative estimate of drug-likeness (QED) is 0.834. The Morgan fingerprint density at radius 1 is 1.35 bits per heavy atom. The van der Waals surface area contributed by atoms with Gasteiger partial charge < -0.3 is 14.9 Å². The number of aryl methyl sites for hydroxylation is 1. The van der Waals surface area contributed by atoms with Gasteiger partial charge in [0.1, 0.15) is 18.1 Å². The van der Waals surface area contributed by atoms with Crippen LogP contribution in [0.2, 0.25) is 0 Å². The van der Waals surface area contributed by atoms with Crippen molar-refractivity contribution in [2.45, 2.75) is 44.8 Å². The second-order valence-electron chi connectivity index (χ2n) is 4.78. The number of aromatic nitrogens is 1. The fourth-order valence-electron chi connectivity index (χ4n) is 2.23. The molecule has 17 heavy (non-hydrogen) atoms. The van der Waals surface area contributed by atoms with Crippen molar-refractivity contribution in [3.8, 4) is 5.75 Å². The SMILES string of the molecule is Cc1ccc(OCC2(O)CCCC2)c(CO)n1. The highest BCUT2D eigenvalue weighted by molar-refractivity contribution is 5.28. The van der Waals surface area contributed by atoms with Crippen LogP contribution in [0, 0.1) is 6.92 Å². The van der Waals surface area contributed by atoms with Gasteiger partial charge in [-0.25, -0.2) is 0 Å². The van der Waals surface area contributed by atoms with Crippen molar-refractivity contribution < 1.29 is 14.9 Å². The molecule has 0 aliphatic heterocycles. The predicted octanol–water partition coefficient (Wildman–Crippen LogP) is 1.57. The van der Waals surface area contributed by atoms with Gasteiger partial charge in [-0.15, -0.1) is 0 Å². The normalized spacial score (nSPS) is 18.3. The monoisotopic (exact) mass is 237 g/mol. The van der Waals surface area contributed by atoms with Crippen LogP contribution in [-0.4, -0.2) is 27.4 Å². The fourth-order valence-corrected chi connectivity index (χ4v) is 2.23. The molecule has 0 amide bonds. The molecule has 1 aromatic rings. The topological polar surface area (TPSA) is 62.6 Å². The Hall–Kier alpha value is -1.13. The van der Waals surface area contributed by atoms with Crippen LogP contribution < -0.4 is 4.74 Å². The lowest BCUT2D eigenvalue weighted by atomic mass is 10.0. The summed E-state index contributed by atoms with van der Waals surface area (Å²) in [6.45, 7) is 2.01. The summed E-state index contributed by atoms with van der Waals surface area (Å²) in [5, 5.41) is 19.4. The van der Waals surface area contributed by atoms with Crippen molar-refractivity contribution in [2.75, 3.05) is 6.61 Å². The van der Waals surface area contributed by atoms with Gasteiger partial charge in [-0.3, -0.25) is 4.98 Å². The van der Waals surface area contributed by atoms with Crippen LogP contribution in [0.25, 0.3) is 0 Å². The van der Waals surface area contributed by atoms with Crippen LogP contribution in [0.1, 0.15) is 37.1 Å². The van der Waals surface area contributed by atoms with E-state index < -0.39 is 5.60 Å². The van der Waals surface area contributed by atoms with Crippen LogP contribution in [0.15, 0.2) is 12.1 Å². The van der Waals surface area contributed by atoms with Gasteiger partial charge in [0.2, 0.25) is 0 Å². The third-order valence-electron chi connectivity index (χ3n) is 3.25. The van der Waals surface area contributed by atoms with E-state index in [4.69, 9.17) is 4.74 Å². The van der Waals surface area contributed by atoms with E-state index >= 15 is 0 Å². The number of rotatable bonds is 4. The van der Waals surface area contributed by atoms with E-state index in [0.717, 1.165) is 31.4 Å². The zero-order chi connectivity index (χ0) is 12.3. The number of aliphatic hydroxyl groups excluding tert-OH is 1. The molecular weight excluding hydrogens is 218 g/mol. The molecule has 1 aromatic heterocycles. The first kappa shape index (κ1) is 12.3. The zero-order valence-corrected chi connectivity index (χ0v) is 10.1. The number of aliphatic hydroxyl groups is 2. The smallest absolute Gasteiger partial charge is 0.143 e. The van der Waals surface area contributed by atoms with Gasteiger partial charge in [-0.1, -0.05) is 12.8 Å². The lowest BCUT2D eigenvalue weighted by molar-refractivity contribution is 0.000646. The number of ether oxygens (including phenoxy) is 1. The average molecular weight is 237 g/mol. The summed E-state index contributed by atoms with van der Waals surface area (Å²) < 4.78 is 5.60. The molecule has 4 nitrogen and oxygen atoms in total. The molecule has 94 valence electrons. The minimum Gasteiger partial charge on any atom is -0.489 e. The highest BCUT2D eigenvalue weighted by Gasteiger charge is 2.32. The lowest BCUT2D eigenvalue weighted by Crippen LogP contribution is -2.32. The van der Waals surface area contributed by atoms with Crippen molar-refractivity contribution in [2.24, 2.45) is 0 Å². The Labute approximate surface area is 101 Å². The first-order valence-corrected chi connectivity index (χ1v) is 6.05. The molecule has 1 aliphatic rings. The highest BCUT2D eigenvalue weighted by Crippen LogP contribution is 2.30. The van der Waals surface area contributed by atoms with Crippen molar-refractivity contribution >= 4 is 0 Å². The van der Waals surface area contributed by atoms with Crippen LogP contribution in [-0.2, 0) is 6.61 Å². The van der Waals surface area contributed by atoms with Crippen molar-refractivity contribution in [3.63, 3.8) is 0 Å². The van der Waals surface area contributed by atoms with E-state index in [1.807, 2.05) is 13.0 Å². The Morgan fingerprint density at radius 2 is 2.06 bits per heavy atom. The minimum atomic E-state index is -0.697. The van der Waals surface area contributed by atoms with Crippen molar-refractivity contribution in [1.82, 2.24) is 4.98 Å². The summed E-state index contributed by atoms with van der Waals surface area (Å²) in [5.74, 6) is 0.568. The maximum atomic E-state index is 10.2. The maximum absolute atomic E-state index is 10.2. The molecule has 2 N–H and O–H groups in total. The minimum absolute atomic E-state index is 0.143. The van der Waals surface area contributed by atoms with E-state index in [1.54, 1.807) is 6.07 Å². The van der Waals surface area contributed by atoms with Crippen molar-refractivity contribution in [1.29, 1.82) is 0 Å². The standard InChI is InChI=1S/C13H19NO3/c1-10-4-5-12(11(8-15)14-10)17-9-13(16)6-2-3-7-13/h4-5,15-16H,2-3,6-9H2,1H3. The largest absolute Gasteiger partial charge is 0.489 e. The Bertz CT molecular complexity index is 386. The summed E-state index contributed by atoms with van der Waals surface area (Å²) in [6.07, 6.45) is 3.69. The third kappa shape index (κ3) is 2.96. The molecule has 1 heterocycles. The molecule has 4 heteroatoms. The molecule has 1 aliphatic carbocycles. The van der Waals surface area contributed by atoms with Gasteiger partial charge >= 0.3 is 0 Å². The van der Waals surface area contributed by atoms with Gasteiger partial charge in [0.05, 0.1) is 12.2 Å². The molecule has 1 fully saturated rings. The van der Waals surface area contributed by atoms with Gasteiger partial charge in [-0.2, -0.15) is 0 Å². The second-order valence-corrected chi connectivity index (χ2v) is 4.78. The first-order chi connectivity index (χ1) is 8.13. The van der Waals surface area contributed by atoms with Crippen LogP contribution in [0.3, 0.4) is 0 Å². The van der Waals surface area contributed by atoms with E-state index in [-0.39, 0.29) is 13.2 Å². The fraction of sp³-hybridized carbons (Fsp3) is 0.615. The summed E-state index contributed by atoms with van der Waals surface area (Å²) in [7, 11) is 0. The lowest BCUT2D eigenvalue weighted by Gasteiger charge is -2.22. The molecule has 0 atom stereocenters. The van der Waals surface area contributed by atoms with Gasteiger partial charge in [0.25, 0.3) is 0 Å². The molecule has 0 saturated heterocycles. The second kappa shape index (κ2) is 5.02. The number of hydrogen-bond donors (Lipinski definition) is 2. The predicted molar refractivity (Wildman–Crippen MR) is 63.8 cm³/mol. The van der Waals surface area contributed by atoms with Gasteiger partial charge in [0, 0.05) is 5.69 Å². The molecule has 0 spiro atoms. The summed E-state index contributed by atoms with van der Waals surface area (Å²) >= 11 is 0. The first-order valence-electron chi connectivity index (χ1n) is 6.05. The zero-order valence-electron chi connectivity index (χ0n) is 10.1. The summed E-state index contributed by atoms with van der Waals surface area (Å²) in [4.78, 5) is 4.20. The van der Waals surface area contributed by atoms with Crippen LogP contribution in [0.4, 0.5) is 0 Å². The Balaban J connectivity index is 2.03. The summed E-state index contributed by atoms with van der Waals surface area (Å²) in [5.41, 5.74) is 0.685. The van der Waals surface area contributed by atoms with E-state index in [1.165, 1.54) is 0 Å². The molecule has 0 unspecified atom stereocenters. The Morgan fingerprint density at radius 3 is 2.71 bits per heavy atom. The average Bonchev–Trinajstić information content (AvgIpc) is 2.75. The number of nitrogens with zero attached hydrogens (tertiary/aromatic N) is 1. The number of pyridine rings is 1. The van der Waals surface area contributed by atoms with Gasteiger partial charge in [-0.05, 0) is 31.9 Å². The van der Waals surface area contributed by atoms with E-state index in [2.05, 4.69) is 4.98 Å². The third-order valence-corrected chi connectivity index (χ3v) is 3.25. The Kier molecular flexibility index (Phi) is 3.64. The molecular formula is C13H19NO3. The van der Waals surface area contributed by atoms with Crippen molar-refractivity contribution in [3.05, 3.63) is 23.5 Å². The van der Waals surface area contributed by atoms with E-state index in [9.17, 15) is 10.2 Å². The number of hydrogen-bond acceptors (Lipinski definition) is 4. The maximum Gasteiger partial charge on any atom is 0.143 e. The molecule has 0 radical (unpaired) electrons. The molecule has 1 saturated carbocycles. The molecule has 2 rings (SSSR count). The van der Waals surface area contributed by atoms with Crippen LogP contribution >= 0.6 is 0 Å². The molecule has 0 bridgehead atoms. The van der Waals surface area contributed by atoms with Crippen LogP contribution in [0.5, 0.6) is 5.75 Å². The summed E-state index contributed by atoms with van der Waals surface area (Å²) in [6, 6.07) is 3.64. The molecule has 0 aromatic carbocycles.